The summed E-state index contributed by atoms with van der Waals surface area (Å²) >= 11 is 0. The molecule has 0 aromatic heterocycles. The fourth-order valence-electron chi connectivity index (χ4n) is 3.74. The normalized spacial score (nSPS) is 19.9. The molecule has 0 saturated carbocycles. The lowest BCUT2D eigenvalue weighted by molar-refractivity contribution is 0.170. The smallest absolute Gasteiger partial charge is 0.317 e. The molecule has 0 aliphatic carbocycles. The monoisotopic (exact) mass is 348 g/mol. The number of likely N-dealkylation sites (tertiary alicyclic amines) is 1. The van der Waals surface area contributed by atoms with Crippen LogP contribution in [0.3, 0.4) is 0 Å². The maximum absolute atomic E-state index is 13.9. The number of urea groups is 1. The van der Waals surface area contributed by atoms with E-state index in [2.05, 4.69) is 17.1 Å². The third-order valence-corrected chi connectivity index (χ3v) is 5.22. The van der Waals surface area contributed by atoms with Crippen LogP contribution in [0.15, 0.2) is 24.3 Å². The van der Waals surface area contributed by atoms with Gasteiger partial charge in [0.1, 0.15) is 5.82 Å². The number of halogens is 1. The maximum Gasteiger partial charge on any atom is 0.317 e. The first-order valence-corrected chi connectivity index (χ1v) is 9.44. The predicted octanol–water partition coefficient (Wildman–Crippen LogP) is 2.53. The molecule has 1 N–H and O–H groups in total. The highest BCUT2D eigenvalue weighted by Gasteiger charge is 2.26. The lowest BCUT2D eigenvalue weighted by Gasteiger charge is -2.38. The minimum absolute atomic E-state index is 0.0297. The zero-order valence-electron chi connectivity index (χ0n) is 15.1. The number of carbonyl (C=O) groups excluding carboxylic acids is 1. The molecule has 2 saturated heterocycles. The standard InChI is InChI=1S/C19H29FN4O/c1-2-9-22-10-7-16(8-11-22)21-19(25)24-14-12-23(13-15-24)18-6-4-3-5-17(18)20/h3-6,16H,2,7-15H2,1H3,(H,21,25). The van der Waals surface area contributed by atoms with Crippen LogP contribution in [0.1, 0.15) is 26.2 Å². The van der Waals surface area contributed by atoms with E-state index >= 15 is 0 Å². The summed E-state index contributed by atoms with van der Waals surface area (Å²) in [5.74, 6) is -0.195. The van der Waals surface area contributed by atoms with Crippen molar-refractivity contribution in [1.29, 1.82) is 0 Å². The average Bonchev–Trinajstić information content (AvgIpc) is 2.64. The largest absolute Gasteiger partial charge is 0.366 e. The Balaban J connectivity index is 1.44. The number of carbonyl (C=O) groups is 1. The van der Waals surface area contributed by atoms with E-state index in [-0.39, 0.29) is 17.9 Å². The number of benzene rings is 1. The van der Waals surface area contributed by atoms with Crippen LogP contribution in [0.5, 0.6) is 0 Å². The zero-order chi connectivity index (χ0) is 17.6. The lowest BCUT2D eigenvalue weighted by Crippen LogP contribution is -2.55. The number of anilines is 1. The molecule has 2 aliphatic heterocycles. The van der Waals surface area contributed by atoms with Gasteiger partial charge in [-0.15, -0.1) is 0 Å². The molecule has 5 nitrogen and oxygen atoms in total. The van der Waals surface area contributed by atoms with E-state index in [0.717, 1.165) is 32.5 Å². The topological polar surface area (TPSA) is 38.8 Å². The number of piperidine rings is 1. The second-order valence-electron chi connectivity index (χ2n) is 6.99. The van der Waals surface area contributed by atoms with Gasteiger partial charge in [-0.3, -0.25) is 0 Å². The minimum Gasteiger partial charge on any atom is -0.366 e. The minimum atomic E-state index is -0.195. The van der Waals surface area contributed by atoms with E-state index in [1.54, 1.807) is 12.1 Å². The van der Waals surface area contributed by atoms with Crippen molar-refractivity contribution in [1.82, 2.24) is 15.1 Å². The molecular weight excluding hydrogens is 319 g/mol. The van der Waals surface area contributed by atoms with E-state index in [1.165, 1.54) is 12.5 Å². The van der Waals surface area contributed by atoms with Gasteiger partial charge in [0.2, 0.25) is 0 Å². The molecule has 2 heterocycles. The summed E-state index contributed by atoms with van der Waals surface area (Å²) < 4.78 is 13.9. The van der Waals surface area contributed by atoms with Crippen molar-refractivity contribution in [2.24, 2.45) is 0 Å². The number of piperazine rings is 1. The van der Waals surface area contributed by atoms with Crippen molar-refractivity contribution in [3.05, 3.63) is 30.1 Å². The molecule has 25 heavy (non-hydrogen) atoms. The highest BCUT2D eigenvalue weighted by atomic mass is 19.1. The molecule has 6 heteroatoms. The van der Waals surface area contributed by atoms with Crippen LogP contribution >= 0.6 is 0 Å². The molecule has 2 aliphatic rings. The third kappa shape index (κ3) is 4.63. The molecule has 0 spiro atoms. The molecular formula is C19H29FN4O. The Kier molecular flexibility index (Phi) is 6.13. The van der Waals surface area contributed by atoms with Crippen LogP contribution in [0, 0.1) is 5.82 Å². The first kappa shape index (κ1) is 18.0. The van der Waals surface area contributed by atoms with E-state index in [1.807, 2.05) is 15.9 Å². The summed E-state index contributed by atoms with van der Waals surface area (Å²) in [6, 6.07) is 7.15. The number of amides is 2. The SMILES string of the molecule is CCCN1CCC(NC(=O)N2CCN(c3ccccc3F)CC2)CC1. The third-order valence-electron chi connectivity index (χ3n) is 5.22. The van der Waals surface area contributed by atoms with E-state index in [0.29, 0.717) is 31.9 Å². The van der Waals surface area contributed by atoms with Crippen LogP contribution in [0.25, 0.3) is 0 Å². The van der Waals surface area contributed by atoms with Gasteiger partial charge in [-0.1, -0.05) is 19.1 Å². The van der Waals surface area contributed by atoms with Crippen molar-refractivity contribution in [2.45, 2.75) is 32.2 Å². The van der Waals surface area contributed by atoms with Gasteiger partial charge in [0, 0.05) is 45.3 Å². The first-order chi connectivity index (χ1) is 12.2. The van der Waals surface area contributed by atoms with E-state index in [4.69, 9.17) is 0 Å². The Morgan fingerprint density at radius 1 is 1.12 bits per heavy atom. The summed E-state index contributed by atoms with van der Waals surface area (Å²) in [7, 11) is 0. The molecule has 0 atom stereocenters. The Labute approximate surface area is 149 Å². The number of nitrogens with one attached hydrogen (secondary N) is 1. The van der Waals surface area contributed by atoms with Crippen molar-refractivity contribution in [3.8, 4) is 0 Å². The Hall–Kier alpha value is -1.82. The molecule has 3 rings (SSSR count). The van der Waals surface area contributed by atoms with E-state index < -0.39 is 0 Å². The summed E-state index contributed by atoms with van der Waals surface area (Å²) in [5, 5.41) is 3.18. The highest BCUT2D eigenvalue weighted by Crippen LogP contribution is 2.20. The second kappa shape index (κ2) is 8.52. The molecule has 0 unspecified atom stereocenters. The lowest BCUT2D eigenvalue weighted by atomic mass is 10.1. The fraction of sp³-hybridized carbons (Fsp3) is 0.632. The fourth-order valence-corrected chi connectivity index (χ4v) is 3.74. The Bertz CT molecular complexity index is 566. The van der Waals surface area contributed by atoms with Crippen LogP contribution in [-0.4, -0.2) is 67.7 Å². The van der Waals surface area contributed by atoms with Crippen LogP contribution in [0.4, 0.5) is 14.9 Å². The summed E-state index contributed by atoms with van der Waals surface area (Å²) in [5.41, 5.74) is 0.630. The van der Waals surface area contributed by atoms with Crippen LogP contribution < -0.4 is 10.2 Å². The number of nitrogens with zero attached hydrogens (tertiary/aromatic N) is 3. The molecule has 0 radical (unpaired) electrons. The van der Waals surface area contributed by atoms with Gasteiger partial charge in [0.25, 0.3) is 0 Å². The Morgan fingerprint density at radius 3 is 2.44 bits per heavy atom. The first-order valence-electron chi connectivity index (χ1n) is 9.44. The predicted molar refractivity (Wildman–Crippen MR) is 98.5 cm³/mol. The molecule has 0 bridgehead atoms. The molecule has 2 amide bonds. The summed E-state index contributed by atoms with van der Waals surface area (Å²) in [6.07, 6.45) is 3.24. The maximum atomic E-state index is 13.9. The highest BCUT2D eigenvalue weighted by molar-refractivity contribution is 5.75. The van der Waals surface area contributed by atoms with Crippen molar-refractivity contribution < 1.29 is 9.18 Å². The average molecular weight is 348 g/mol. The van der Waals surface area contributed by atoms with Crippen molar-refractivity contribution in [2.75, 3.05) is 50.7 Å². The summed E-state index contributed by atoms with van der Waals surface area (Å²) in [4.78, 5) is 18.8. The number of rotatable bonds is 4. The number of hydrogen-bond acceptors (Lipinski definition) is 3. The van der Waals surface area contributed by atoms with Gasteiger partial charge in [0.05, 0.1) is 5.69 Å². The van der Waals surface area contributed by atoms with Crippen LogP contribution in [-0.2, 0) is 0 Å². The summed E-state index contributed by atoms with van der Waals surface area (Å²) in [6.45, 7) is 8.10. The number of para-hydroxylation sites is 1. The van der Waals surface area contributed by atoms with Crippen molar-refractivity contribution >= 4 is 11.7 Å². The number of hydrogen-bond donors (Lipinski definition) is 1. The zero-order valence-corrected chi connectivity index (χ0v) is 15.1. The molecule has 2 fully saturated rings. The van der Waals surface area contributed by atoms with Gasteiger partial charge in [0.15, 0.2) is 0 Å². The van der Waals surface area contributed by atoms with Gasteiger partial charge in [-0.2, -0.15) is 0 Å². The van der Waals surface area contributed by atoms with Gasteiger partial charge < -0.3 is 20.0 Å². The quantitative estimate of drug-likeness (QED) is 0.909. The van der Waals surface area contributed by atoms with Gasteiger partial charge in [-0.25, -0.2) is 9.18 Å². The van der Waals surface area contributed by atoms with E-state index in [9.17, 15) is 9.18 Å². The van der Waals surface area contributed by atoms with Gasteiger partial charge >= 0.3 is 6.03 Å². The Morgan fingerprint density at radius 2 is 1.80 bits per heavy atom. The molecule has 1 aromatic rings. The molecule has 138 valence electrons. The van der Waals surface area contributed by atoms with Crippen LogP contribution in [0.2, 0.25) is 0 Å². The van der Waals surface area contributed by atoms with Crippen molar-refractivity contribution in [3.63, 3.8) is 0 Å². The van der Waals surface area contributed by atoms with Gasteiger partial charge in [-0.05, 0) is 37.9 Å². The molecule has 1 aromatic carbocycles. The second-order valence-corrected chi connectivity index (χ2v) is 6.99.